The van der Waals surface area contributed by atoms with Gasteiger partial charge in [0.25, 0.3) is 0 Å². The Labute approximate surface area is 159 Å². The Balaban J connectivity index is 1.83. The fraction of sp³-hybridized carbons (Fsp3) is 0.318. The van der Waals surface area contributed by atoms with E-state index in [1.807, 2.05) is 18.2 Å². The number of hydrogen-bond acceptors (Lipinski definition) is 2. The Hall–Kier alpha value is -2.17. The average molecular weight is 365 g/mol. The van der Waals surface area contributed by atoms with Crippen molar-refractivity contribution in [2.45, 2.75) is 38.8 Å². The van der Waals surface area contributed by atoms with Crippen LogP contribution in [0.1, 0.15) is 36.8 Å². The van der Waals surface area contributed by atoms with Crippen LogP contribution in [0.3, 0.4) is 0 Å². The first-order valence-electron chi connectivity index (χ1n) is 9.28. The Morgan fingerprint density at radius 3 is 2.69 bits per heavy atom. The molecule has 0 unspecified atom stereocenters. The molecule has 1 fully saturated rings. The molecule has 0 spiro atoms. The Morgan fingerprint density at radius 2 is 1.96 bits per heavy atom. The summed E-state index contributed by atoms with van der Waals surface area (Å²) in [6.45, 7) is 1.11. The first-order valence-corrected chi connectivity index (χ1v) is 9.69. The molecule has 3 nitrogen and oxygen atoms in total. The summed E-state index contributed by atoms with van der Waals surface area (Å²) < 4.78 is 2.37. The van der Waals surface area contributed by atoms with Gasteiger partial charge in [-0.1, -0.05) is 55.4 Å². The third kappa shape index (κ3) is 3.27. The Kier molecular flexibility index (Phi) is 4.79. The number of aromatic nitrogens is 1. The van der Waals surface area contributed by atoms with Crippen molar-refractivity contribution in [3.05, 3.63) is 59.8 Å². The lowest BCUT2D eigenvalue weighted by Crippen LogP contribution is -2.08. The van der Waals surface area contributed by atoms with Gasteiger partial charge in [-0.3, -0.25) is 0 Å². The molecule has 4 heteroatoms. The van der Waals surface area contributed by atoms with Crippen LogP contribution in [0.2, 0.25) is 0 Å². The molecule has 1 aliphatic carbocycles. The molecule has 1 aliphatic rings. The van der Waals surface area contributed by atoms with E-state index >= 15 is 0 Å². The molecule has 3 N–H and O–H groups in total. The largest absolute Gasteiger partial charge is 0.392 e. The van der Waals surface area contributed by atoms with Crippen molar-refractivity contribution in [3.63, 3.8) is 0 Å². The predicted octanol–water partition coefficient (Wildman–Crippen LogP) is 4.63. The molecule has 2 aromatic carbocycles. The van der Waals surface area contributed by atoms with Crippen LogP contribution in [0.5, 0.6) is 0 Å². The second-order valence-electron chi connectivity index (χ2n) is 7.30. The van der Waals surface area contributed by atoms with Crippen molar-refractivity contribution in [2.75, 3.05) is 0 Å². The number of nitrogens with zero attached hydrogens (tertiary/aromatic N) is 1. The van der Waals surface area contributed by atoms with E-state index < -0.39 is 0 Å². The summed E-state index contributed by atoms with van der Waals surface area (Å²) in [7, 11) is 0. The number of thiocarbonyl (C=S) groups is 1. The molecule has 1 heterocycles. The van der Waals surface area contributed by atoms with Crippen LogP contribution in [0, 0.1) is 5.92 Å². The molecule has 134 valence electrons. The highest BCUT2D eigenvalue weighted by Gasteiger charge is 2.18. The lowest BCUT2D eigenvalue weighted by molar-refractivity contribution is 0.282. The third-order valence-electron chi connectivity index (χ3n) is 5.52. The van der Waals surface area contributed by atoms with E-state index in [2.05, 4.69) is 35.0 Å². The highest BCUT2D eigenvalue weighted by atomic mass is 32.1. The van der Waals surface area contributed by atoms with Crippen LogP contribution >= 0.6 is 12.2 Å². The fourth-order valence-corrected chi connectivity index (χ4v) is 4.26. The maximum Gasteiger partial charge on any atom is 0.104 e. The van der Waals surface area contributed by atoms with Crippen LogP contribution in [0.4, 0.5) is 0 Å². The summed E-state index contributed by atoms with van der Waals surface area (Å²) in [6.07, 6.45) is 7.56. The van der Waals surface area contributed by atoms with Gasteiger partial charge in [-0.05, 0) is 42.0 Å². The van der Waals surface area contributed by atoms with Crippen LogP contribution in [0.15, 0.2) is 48.7 Å². The van der Waals surface area contributed by atoms with E-state index in [4.69, 9.17) is 18.0 Å². The first kappa shape index (κ1) is 17.3. The number of benzene rings is 2. The predicted molar refractivity (Wildman–Crippen MR) is 111 cm³/mol. The Morgan fingerprint density at radius 1 is 1.15 bits per heavy atom. The van der Waals surface area contributed by atoms with E-state index in [0.29, 0.717) is 4.99 Å². The zero-order chi connectivity index (χ0) is 18.1. The van der Waals surface area contributed by atoms with Gasteiger partial charge < -0.3 is 15.4 Å². The lowest BCUT2D eigenvalue weighted by Gasteiger charge is -2.12. The van der Waals surface area contributed by atoms with Crippen molar-refractivity contribution >= 4 is 28.1 Å². The fourth-order valence-electron chi connectivity index (χ4n) is 4.13. The molecule has 1 saturated carbocycles. The Bertz CT molecular complexity index is 954. The number of aliphatic hydroxyl groups is 1. The molecule has 0 bridgehead atoms. The molecule has 0 atom stereocenters. The van der Waals surface area contributed by atoms with Gasteiger partial charge in [0.2, 0.25) is 0 Å². The van der Waals surface area contributed by atoms with E-state index in [0.717, 1.165) is 29.2 Å². The summed E-state index contributed by atoms with van der Waals surface area (Å²) in [5.74, 6) is 0.749. The number of hydrogen-bond donors (Lipinski definition) is 2. The summed E-state index contributed by atoms with van der Waals surface area (Å²) >= 11 is 5.15. The summed E-state index contributed by atoms with van der Waals surface area (Å²) in [5, 5.41) is 10.8. The average Bonchev–Trinajstić information content (AvgIpc) is 3.30. The van der Waals surface area contributed by atoms with Crippen LogP contribution in [-0.4, -0.2) is 14.7 Å². The summed E-state index contributed by atoms with van der Waals surface area (Å²) in [4.78, 5) is 0.420. The molecule has 26 heavy (non-hydrogen) atoms. The first-order chi connectivity index (χ1) is 12.7. The highest BCUT2D eigenvalue weighted by molar-refractivity contribution is 7.80. The van der Waals surface area contributed by atoms with Gasteiger partial charge in [0, 0.05) is 34.8 Å². The third-order valence-corrected chi connectivity index (χ3v) is 5.75. The van der Waals surface area contributed by atoms with Gasteiger partial charge in [0.15, 0.2) is 0 Å². The van der Waals surface area contributed by atoms with Crippen molar-refractivity contribution < 1.29 is 5.11 Å². The molecular weight excluding hydrogens is 340 g/mol. The molecule has 4 rings (SSSR count). The van der Waals surface area contributed by atoms with Gasteiger partial charge in [-0.2, -0.15) is 0 Å². The van der Waals surface area contributed by atoms with Crippen molar-refractivity contribution in [2.24, 2.45) is 11.7 Å². The van der Waals surface area contributed by atoms with E-state index in [9.17, 15) is 5.11 Å². The molecule has 0 saturated heterocycles. The number of nitrogens with two attached hydrogens (primary N) is 1. The van der Waals surface area contributed by atoms with E-state index in [-0.39, 0.29) is 6.61 Å². The summed E-state index contributed by atoms with van der Waals surface area (Å²) in [5.41, 5.74) is 11.2. The molecule has 3 aromatic rings. The highest BCUT2D eigenvalue weighted by Crippen LogP contribution is 2.34. The van der Waals surface area contributed by atoms with Crippen molar-refractivity contribution in [3.8, 4) is 11.1 Å². The minimum absolute atomic E-state index is 0.0663. The molecular formula is C22H24N2OS. The molecule has 0 radical (unpaired) electrons. The topological polar surface area (TPSA) is 51.2 Å². The molecule has 0 aliphatic heterocycles. The lowest BCUT2D eigenvalue weighted by atomic mass is 10.0. The van der Waals surface area contributed by atoms with Crippen molar-refractivity contribution in [1.82, 2.24) is 4.57 Å². The van der Waals surface area contributed by atoms with Gasteiger partial charge in [0.1, 0.15) is 4.99 Å². The smallest absolute Gasteiger partial charge is 0.104 e. The van der Waals surface area contributed by atoms with Crippen molar-refractivity contribution in [1.29, 1.82) is 0 Å². The van der Waals surface area contributed by atoms with Gasteiger partial charge >= 0.3 is 0 Å². The van der Waals surface area contributed by atoms with Gasteiger partial charge in [-0.15, -0.1) is 0 Å². The normalized spacial score (nSPS) is 15.0. The molecule has 0 amide bonds. The van der Waals surface area contributed by atoms with Crippen LogP contribution in [-0.2, 0) is 13.2 Å². The van der Waals surface area contributed by atoms with E-state index in [1.165, 1.54) is 42.1 Å². The monoisotopic (exact) mass is 364 g/mol. The second-order valence-corrected chi connectivity index (χ2v) is 7.74. The van der Waals surface area contributed by atoms with Crippen LogP contribution in [0.25, 0.3) is 22.0 Å². The minimum atomic E-state index is 0.0663. The maximum absolute atomic E-state index is 9.56. The zero-order valence-electron chi connectivity index (χ0n) is 14.8. The quantitative estimate of drug-likeness (QED) is 0.649. The standard InChI is InChI=1S/C22H24N2OS/c23-22(26)18-7-3-6-17(11-18)20-13-24(12-15-4-1-2-5-15)21-10-16(14-25)8-9-19(20)21/h3,6-11,13,15,25H,1-2,4-5,12,14H2,(H2,23,26). The molecule has 1 aromatic heterocycles. The number of fused-ring (bicyclic) bond motifs is 1. The SMILES string of the molecule is NC(=S)c1cccc(-c2cn(CC3CCCC3)c3cc(CO)ccc23)c1. The zero-order valence-corrected chi connectivity index (χ0v) is 15.6. The maximum atomic E-state index is 9.56. The van der Waals surface area contributed by atoms with Crippen LogP contribution < -0.4 is 5.73 Å². The summed E-state index contributed by atoms with van der Waals surface area (Å²) in [6, 6.07) is 14.4. The minimum Gasteiger partial charge on any atom is -0.392 e. The number of rotatable bonds is 5. The second kappa shape index (κ2) is 7.22. The van der Waals surface area contributed by atoms with E-state index in [1.54, 1.807) is 0 Å². The number of aliphatic hydroxyl groups excluding tert-OH is 1. The van der Waals surface area contributed by atoms with Gasteiger partial charge in [0.05, 0.1) is 6.61 Å². The van der Waals surface area contributed by atoms with Gasteiger partial charge in [-0.25, -0.2) is 0 Å².